The Kier molecular flexibility index (Phi) is 8.35. The van der Waals surface area contributed by atoms with Crippen molar-refractivity contribution in [2.45, 2.75) is 52.4 Å². The van der Waals surface area contributed by atoms with Crippen LogP contribution in [0.3, 0.4) is 0 Å². The van der Waals surface area contributed by atoms with Crippen LogP contribution in [0, 0.1) is 40.5 Å². The first-order chi connectivity index (χ1) is 23.1. The molecule has 0 spiro atoms. The zero-order valence-electron chi connectivity index (χ0n) is 27.2. The van der Waals surface area contributed by atoms with Gasteiger partial charge in [-0.3, -0.25) is 40.5 Å². The summed E-state index contributed by atoms with van der Waals surface area (Å²) >= 11 is 0. The smallest absolute Gasteiger partial charge is 0.318 e. The molecule has 1 aliphatic rings. The Labute approximate surface area is 281 Å². The summed E-state index contributed by atoms with van der Waals surface area (Å²) in [5, 5.41) is 71.1. The van der Waals surface area contributed by atoms with Gasteiger partial charge in [-0.05, 0) is 46.2 Å². The number of nitro benzene ring substituents is 4. The summed E-state index contributed by atoms with van der Waals surface area (Å²) in [6.45, 7) is 10.5. The molecular formula is C32H28N4O14. The highest BCUT2D eigenvalue weighted by Gasteiger charge is 2.34. The monoisotopic (exact) mass is 692 g/mol. The van der Waals surface area contributed by atoms with Crippen LogP contribution >= 0.6 is 0 Å². The number of benzene rings is 4. The molecule has 0 unspecified atom stereocenters. The third-order valence-electron chi connectivity index (χ3n) is 7.56. The molecule has 0 saturated heterocycles. The first-order valence-corrected chi connectivity index (χ1v) is 14.6. The van der Waals surface area contributed by atoms with Gasteiger partial charge in [0.15, 0.2) is 23.0 Å². The maximum absolute atomic E-state index is 12.1. The maximum atomic E-state index is 12.1. The summed E-state index contributed by atoms with van der Waals surface area (Å²) in [6.07, 6.45) is 0. The molecule has 4 aromatic rings. The number of phenols is 2. The summed E-state index contributed by atoms with van der Waals surface area (Å²) in [4.78, 5) is 44.6. The van der Waals surface area contributed by atoms with E-state index >= 15 is 0 Å². The molecule has 0 fully saturated rings. The summed E-state index contributed by atoms with van der Waals surface area (Å²) in [6, 6.07) is 7.98. The first-order valence-electron chi connectivity index (χ1n) is 14.6. The number of ether oxygens (including phenoxy) is 4. The van der Waals surface area contributed by atoms with Crippen LogP contribution in [0.2, 0.25) is 0 Å². The SMILES string of the molecule is CC(C)(C)c1cc2c(O)c(c1)Oc1cc(c([N+](=O)[O-])cc1[N+](=O)[O-])Oc1cc(C(C)(C)C)cc(c1O)Oc1cc(c([N+](=O)[O-])cc1[N+](=O)[O-])O2. The van der Waals surface area contributed by atoms with E-state index in [4.69, 9.17) is 18.9 Å². The van der Waals surface area contributed by atoms with Gasteiger partial charge in [-0.1, -0.05) is 41.5 Å². The number of nitrogens with zero attached hydrogens (tertiary/aromatic N) is 4. The van der Waals surface area contributed by atoms with E-state index in [2.05, 4.69) is 0 Å². The van der Waals surface area contributed by atoms with Crippen molar-refractivity contribution in [3.8, 4) is 57.5 Å². The van der Waals surface area contributed by atoms with Crippen LogP contribution in [0.25, 0.3) is 0 Å². The van der Waals surface area contributed by atoms with E-state index in [9.17, 15) is 50.7 Å². The van der Waals surface area contributed by atoms with Crippen LogP contribution in [0.5, 0.6) is 57.5 Å². The molecule has 0 aromatic heterocycles. The molecule has 260 valence electrons. The fourth-order valence-electron chi connectivity index (χ4n) is 4.79. The number of hydrogen-bond donors (Lipinski definition) is 2. The molecule has 8 bridgehead atoms. The minimum absolute atomic E-state index is 0.387. The van der Waals surface area contributed by atoms with E-state index in [1.165, 1.54) is 24.3 Å². The number of rotatable bonds is 4. The van der Waals surface area contributed by atoms with Crippen molar-refractivity contribution in [2.75, 3.05) is 0 Å². The van der Waals surface area contributed by atoms with Gasteiger partial charge in [0, 0.05) is 12.1 Å². The number of nitro groups is 4. The third kappa shape index (κ3) is 6.53. The molecule has 18 nitrogen and oxygen atoms in total. The molecule has 0 aliphatic carbocycles. The minimum atomic E-state index is -0.960. The number of fused-ring (bicyclic) bond motifs is 8. The Hall–Kier alpha value is -6.72. The second-order valence-electron chi connectivity index (χ2n) is 13.2. The Morgan fingerprint density at radius 1 is 0.420 bits per heavy atom. The number of phenolic OH excluding ortho intramolecular Hbond substituents is 2. The first kappa shape index (κ1) is 34.6. The molecule has 1 heterocycles. The van der Waals surface area contributed by atoms with Crippen molar-refractivity contribution < 1.29 is 48.9 Å². The molecule has 0 atom stereocenters. The quantitative estimate of drug-likeness (QED) is 0.132. The molecule has 18 heteroatoms. The number of hydrogen-bond acceptors (Lipinski definition) is 14. The third-order valence-corrected chi connectivity index (χ3v) is 7.56. The second kappa shape index (κ2) is 12.1. The van der Waals surface area contributed by atoms with E-state index in [-0.39, 0.29) is 0 Å². The van der Waals surface area contributed by atoms with Crippen LogP contribution in [-0.4, -0.2) is 29.9 Å². The fraction of sp³-hybridized carbons (Fsp3) is 0.250. The molecular weight excluding hydrogens is 664 g/mol. The van der Waals surface area contributed by atoms with Crippen molar-refractivity contribution in [1.82, 2.24) is 0 Å². The van der Waals surface area contributed by atoms with Gasteiger partial charge >= 0.3 is 22.7 Å². The van der Waals surface area contributed by atoms with E-state index < -0.39 is 111 Å². The topological polar surface area (TPSA) is 250 Å². The van der Waals surface area contributed by atoms with Gasteiger partial charge in [-0.2, -0.15) is 0 Å². The molecule has 5 rings (SSSR count). The predicted molar refractivity (Wildman–Crippen MR) is 173 cm³/mol. The van der Waals surface area contributed by atoms with Gasteiger partial charge in [0.2, 0.25) is 34.5 Å². The summed E-state index contributed by atoms with van der Waals surface area (Å²) in [7, 11) is 0. The van der Waals surface area contributed by atoms with Crippen LogP contribution in [0.1, 0.15) is 52.7 Å². The van der Waals surface area contributed by atoms with Gasteiger partial charge < -0.3 is 29.2 Å². The predicted octanol–water partition coefficient (Wildman–Crippen LogP) is 8.81. The van der Waals surface area contributed by atoms with E-state index in [1.807, 2.05) is 0 Å². The van der Waals surface area contributed by atoms with Gasteiger partial charge in [0.05, 0.1) is 19.7 Å². The van der Waals surface area contributed by atoms with E-state index in [1.54, 1.807) is 41.5 Å². The van der Waals surface area contributed by atoms with Crippen molar-refractivity contribution >= 4 is 22.7 Å². The molecule has 4 aromatic carbocycles. The average molecular weight is 693 g/mol. The lowest BCUT2D eigenvalue weighted by molar-refractivity contribution is -0.395. The molecule has 2 N–H and O–H groups in total. The lowest BCUT2D eigenvalue weighted by atomic mass is 9.86. The van der Waals surface area contributed by atoms with Crippen LogP contribution in [0.15, 0.2) is 48.5 Å². The Morgan fingerprint density at radius 3 is 0.820 bits per heavy atom. The highest BCUT2D eigenvalue weighted by atomic mass is 16.6. The van der Waals surface area contributed by atoms with Crippen molar-refractivity contribution in [3.63, 3.8) is 0 Å². The molecule has 50 heavy (non-hydrogen) atoms. The molecule has 1 aliphatic heterocycles. The van der Waals surface area contributed by atoms with Crippen molar-refractivity contribution in [2.24, 2.45) is 0 Å². The largest absolute Gasteiger partial charge is 0.502 e. The molecule has 0 amide bonds. The van der Waals surface area contributed by atoms with E-state index in [0.29, 0.717) is 23.3 Å². The minimum Gasteiger partial charge on any atom is -0.502 e. The zero-order valence-corrected chi connectivity index (χ0v) is 27.2. The van der Waals surface area contributed by atoms with Gasteiger partial charge in [0.25, 0.3) is 0 Å². The number of aromatic hydroxyl groups is 2. The lowest BCUT2D eigenvalue weighted by Crippen LogP contribution is -2.12. The maximum Gasteiger partial charge on any atom is 0.318 e. The highest BCUT2D eigenvalue weighted by molar-refractivity contribution is 5.68. The zero-order chi connectivity index (χ0) is 37.0. The standard InChI is InChI=1S/C32H28N4O14/c1-31(2,3)15-7-25-29(37)26(8-15)48-22-14-24(20(36(45)46)12-18(22)34(41)42)50-28-10-16(32(4,5)6)9-27(30(28)38)49-23-13-21(47-25)17(33(39)40)11-19(23)35(43)44/h7-14,37-38H,1-6H3. The Bertz CT molecular complexity index is 1860. The Morgan fingerprint density at radius 2 is 0.640 bits per heavy atom. The van der Waals surface area contributed by atoms with Crippen LogP contribution in [0.4, 0.5) is 22.7 Å². The highest BCUT2D eigenvalue weighted by Crippen LogP contribution is 2.53. The second-order valence-corrected chi connectivity index (χ2v) is 13.2. The van der Waals surface area contributed by atoms with Gasteiger partial charge in [0.1, 0.15) is 12.1 Å². The Balaban J connectivity index is 1.93. The normalized spacial score (nSPS) is 12.4. The molecule has 0 saturated carbocycles. The van der Waals surface area contributed by atoms with Crippen LogP contribution in [-0.2, 0) is 10.8 Å². The van der Waals surface area contributed by atoms with Crippen molar-refractivity contribution in [1.29, 1.82) is 0 Å². The molecule has 0 radical (unpaired) electrons. The fourth-order valence-corrected chi connectivity index (χ4v) is 4.79. The van der Waals surface area contributed by atoms with Gasteiger partial charge in [-0.25, -0.2) is 0 Å². The van der Waals surface area contributed by atoms with Crippen molar-refractivity contribution in [3.05, 3.63) is 100 Å². The summed E-state index contributed by atoms with van der Waals surface area (Å²) in [5.41, 5.74) is -4.28. The average Bonchev–Trinajstić information content (AvgIpc) is 2.99. The van der Waals surface area contributed by atoms with Gasteiger partial charge in [-0.15, -0.1) is 0 Å². The summed E-state index contributed by atoms with van der Waals surface area (Å²) < 4.78 is 23.3. The lowest BCUT2D eigenvalue weighted by Gasteiger charge is -2.23. The van der Waals surface area contributed by atoms with Crippen LogP contribution < -0.4 is 18.9 Å². The summed E-state index contributed by atoms with van der Waals surface area (Å²) in [5.74, 6) is -6.05. The van der Waals surface area contributed by atoms with E-state index in [0.717, 1.165) is 12.1 Å².